The second kappa shape index (κ2) is 10.1. The lowest BCUT2D eigenvalue weighted by Crippen LogP contribution is -2.44. The number of piperazine rings is 1. The summed E-state index contributed by atoms with van der Waals surface area (Å²) in [5, 5.41) is 3.46. The molecule has 2 aromatic rings. The number of methoxy groups -OCH3 is 1. The number of pyridine rings is 1. The molecule has 0 spiro atoms. The molecule has 0 atom stereocenters. The minimum atomic E-state index is 0.701. The lowest BCUT2D eigenvalue weighted by Gasteiger charge is -2.33. The van der Waals surface area contributed by atoms with E-state index in [4.69, 9.17) is 4.74 Å². The van der Waals surface area contributed by atoms with Gasteiger partial charge >= 0.3 is 0 Å². The van der Waals surface area contributed by atoms with E-state index in [9.17, 15) is 0 Å². The van der Waals surface area contributed by atoms with Crippen molar-refractivity contribution in [1.82, 2.24) is 20.1 Å². The second-order valence-electron chi connectivity index (χ2n) is 7.38. The van der Waals surface area contributed by atoms with Gasteiger partial charge in [-0.25, -0.2) is 4.98 Å². The number of anilines is 1. The molecule has 3 rings (SSSR count). The van der Waals surface area contributed by atoms with Gasteiger partial charge in [0, 0.05) is 65.1 Å². The van der Waals surface area contributed by atoms with Crippen molar-refractivity contribution >= 4 is 11.8 Å². The van der Waals surface area contributed by atoms with Crippen LogP contribution in [0.25, 0.3) is 0 Å². The van der Waals surface area contributed by atoms with E-state index in [0.29, 0.717) is 13.1 Å². The van der Waals surface area contributed by atoms with Gasteiger partial charge in [0.15, 0.2) is 5.96 Å². The molecular formula is C22H32N6O. The minimum Gasteiger partial charge on any atom is -0.496 e. The van der Waals surface area contributed by atoms with E-state index in [-0.39, 0.29) is 0 Å². The number of nitrogens with zero attached hydrogens (tertiary/aromatic N) is 5. The molecule has 0 aliphatic carbocycles. The van der Waals surface area contributed by atoms with Gasteiger partial charge in [0.05, 0.1) is 7.11 Å². The predicted molar refractivity (Wildman–Crippen MR) is 119 cm³/mol. The van der Waals surface area contributed by atoms with E-state index in [1.54, 1.807) is 7.11 Å². The first-order valence-electron chi connectivity index (χ1n) is 10.0. The average Bonchev–Trinajstić information content (AvgIpc) is 2.75. The third kappa shape index (κ3) is 5.60. The molecule has 1 aliphatic rings. The number of hydrogen-bond donors (Lipinski definition) is 1. The zero-order valence-electron chi connectivity index (χ0n) is 17.9. The fourth-order valence-corrected chi connectivity index (χ4v) is 3.51. The van der Waals surface area contributed by atoms with Crippen LogP contribution in [0.15, 0.2) is 47.6 Å². The first-order chi connectivity index (χ1) is 14.1. The van der Waals surface area contributed by atoms with Crippen molar-refractivity contribution in [2.75, 3.05) is 59.3 Å². The fraction of sp³-hybridized carbons (Fsp3) is 0.455. The summed E-state index contributed by atoms with van der Waals surface area (Å²) in [6, 6.07) is 12.3. The van der Waals surface area contributed by atoms with Gasteiger partial charge in [0.2, 0.25) is 0 Å². The average molecular weight is 397 g/mol. The van der Waals surface area contributed by atoms with Crippen LogP contribution in [0.5, 0.6) is 5.75 Å². The summed E-state index contributed by atoms with van der Waals surface area (Å²) in [6.45, 7) is 5.60. The number of nitrogens with one attached hydrogen (secondary N) is 1. The Labute approximate surface area is 174 Å². The van der Waals surface area contributed by atoms with E-state index in [1.807, 2.05) is 38.5 Å². The number of ether oxygens (including phenoxy) is 1. The number of likely N-dealkylation sites (N-methyl/N-ethyl adjacent to an activating group) is 1. The van der Waals surface area contributed by atoms with Crippen LogP contribution in [0.3, 0.4) is 0 Å². The Balaban J connectivity index is 1.60. The van der Waals surface area contributed by atoms with Crippen LogP contribution in [-0.4, -0.2) is 75.2 Å². The smallest absolute Gasteiger partial charge is 0.193 e. The summed E-state index contributed by atoms with van der Waals surface area (Å²) < 4.78 is 5.46. The fourth-order valence-electron chi connectivity index (χ4n) is 3.51. The van der Waals surface area contributed by atoms with Crippen LogP contribution in [0.2, 0.25) is 0 Å². The van der Waals surface area contributed by atoms with Crippen molar-refractivity contribution in [2.24, 2.45) is 4.99 Å². The molecule has 1 fully saturated rings. The number of rotatable bonds is 6. The molecule has 29 heavy (non-hydrogen) atoms. The van der Waals surface area contributed by atoms with E-state index in [2.05, 4.69) is 55.2 Å². The van der Waals surface area contributed by atoms with Gasteiger partial charge in [-0.05, 0) is 30.8 Å². The molecule has 1 aromatic carbocycles. The van der Waals surface area contributed by atoms with Crippen molar-refractivity contribution in [1.29, 1.82) is 0 Å². The number of hydrogen-bond acceptors (Lipinski definition) is 5. The normalized spacial score (nSPS) is 15.3. The Hall–Kier alpha value is -2.80. The molecule has 1 aromatic heterocycles. The van der Waals surface area contributed by atoms with E-state index < -0.39 is 0 Å². The third-order valence-corrected chi connectivity index (χ3v) is 5.26. The van der Waals surface area contributed by atoms with Crippen LogP contribution in [0.1, 0.15) is 11.1 Å². The molecule has 7 nitrogen and oxygen atoms in total. The number of aliphatic imine (C=N–C) groups is 1. The molecule has 0 bridgehead atoms. The van der Waals surface area contributed by atoms with Crippen LogP contribution in [-0.2, 0) is 13.1 Å². The van der Waals surface area contributed by atoms with E-state index in [1.165, 1.54) is 5.56 Å². The van der Waals surface area contributed by atoms with Crippen LogP contribution >= 0.6 is 0 Å². The van der Waals surface area contributed by atoms with E-state index in [0.717, 1.165) is 49.3 Å². The SMILES string of the molecule is CN=C(NCc1ccnc(N2CCN(C)CC2)c1)N(C)Cc1ccccc1OC. The lowest BCUT2D eigenvalue weighted by atomic mass is 10.2. The van der Waals surface area contributed by atoms with Crippen molar-refractivity contribution in [3.63, 3.8) is 0 Å². The first-order valence-corrected chi connectivity index (χ1v) is 10.0. The topological polar surface area (TPSA) is 56.2 Å². The number of guanidine groups is 1. The minimum absolute atomic E-state index is 0.701. The van der Waals surface area contributed by atoms with Crippen molar-refractivity contribution in [2.45, 2.75) is 13.1 Å². The maximum absolute atomic E-state index is 5.46. The zero-order valence-corrected chi connectivity index (χ0v) is 17.9. The molecule has 2 heterocycles. The summed E-state index contributed by atoms with van der Waals surface area (Å²) in [4.78, 5) is 15.8. The van der Waals surface area contributed by atoms with Gasteiger partial charge in [-0.1, -0.05) is 18.2 Å². The monoisotopic (exact) mass is 396 g/mol. The first kappa shape index (κ1) is 20.9. The van der Waals surface area contributed by atoms with Gasteiger partial charge in [0.25, 0.3) is 0 Å². The maximum Gasteiger partial charge on any atom is 0.193 e. The van der Waals surface area contributed by atoms with Gasteiger partial charge in [-0.15, -0.1) is 0 Å². The summed E-state index contributed by atoms with van der Waals surface area (Å²) >= 11 is 0. The Morgan fingerprint density at radius 2 is 1.97 bits per heavy atom. The largest absolute Gasteiger partial charge is 0.496 e. The van der Waals surface area contributed by atoms with Crippen molar-refractivity contribution in [3.05, 3.63) is 53.7 Å². The predicted octanol–water partition coefficient (Wildman–Crippen LogP) is 2.05. The van der Waals surface area contributed by atoms with Crippen LogP contribution in [0, 0.1) is 0 Å². The molecule has 1 aliphatic heterocycles. The Bertz CT molecular complexity index is 816. The molecule has 0 saturated carbocycles. The summed E-state index contributed by atoms with van der Waals surface area (Å²) in [6.07, 6.45) is 1.89. The molecule has 1 N–H and O–H groups in total. The highest BCUT2D eigenvalue weighted by molar-refractivity contribution is 5.79. The number of benzene rings is 1. The molecule has 7 heteroatoms. The highest BCUT2D eigenvalue weighted by Gasteiger charge is 2.15. The molecular weight excluding hydrogens is 364 g/mol. The van der Waals surface area contributed by atoms with Crippen LogP contribution < -0.4 is 15.0 Å². The standard InChI is InChI=1S/C22H32N6O/c1-23-22(27(3)17-19-7-5-6-8-20(19)29-4)25-16-18-9-10-24-21(15-18)28-13-11-26(2)12-14-28/h5-10,15H,11-14,16-17H2,1-4H3,(H,23,25). The molecule has 1 saturated heterocycles. The summed E-state index contributed by atoms with van der Waals surface area (Å²) in [7, 11) is 7.71. The lowest BCUT2D eigenvalue weighted by molar-refractivity contribution is 0.312. The van der Waals surface area contributed by atoms with Gasteiger partial charge < -0.3 is 24.8 Å². The van der Waals surface area contributed by atoms with Gasteiger partial charge in [-0.2, -0.15) is 0 Å². The van der Waals surface area contributed by atoms with Gasteiger partial charge in [-0.3, -0.25) is 4.99 Å². The molecule has 0 unspecified atom stereocenters. The number of aromatic nitrogens is 1. The third-order valence-electron chi connectivity index (χ3n) is 5.26. The molecule has 0 radical (unpaired) electrons. The van der Waals surface area contributed by atoms with Crippen molar-refractivity contribution < 1.29 is 4.74 Å². The van der Waals surface area contributed by atoms with E-state index >= 15 is 0 Å². The Morgan fingerprint density at radius 3 is 2.69 bits per heavy atom. The highest BCUT2D eigenvalue weighted by Crippen LogP contribution is 2.19. The number of para-hydroxylation sites is 1. The zero-order chi connectivity index (χ0) is 20.6. The van der Waals surface area contributed by atoms with Crippen LogP contribution in [0.4, 0.5) is 5.82 Å². The maximum atomic E-state index is 5.46. The van der Waals surface area contributed by atoms with Gasteiger partial charge in [0.1, 0.15) is 11.6 Å². The Morgan fingerprint density at radius 1 is 1.21 bits per heavy atom. The second-order valence-corrected chi connectivity index (χ2v) is 7.38. The van der Waals surface area contributed by atoms with Crippen molar-refractivity contribution in [3.8, 4) is 5.75 Å². The summed E-state index contributed by atoms with van der Waals surface area (Å²) in [5.74, 6) is 2.78. The molecule has 156 valence electrons. The molecule has 0 amide bonds. The quantitative estimate of drug-likeness (QED) is 0.596. The highest BCUT2D eigenvalue weighted by atomic mass is 16.5. The Kier molecular flexibility index (Phi) is 7.30. The summed E-state index contributed by atoms with van der Waals surface area (Å²) in [5.41, 5.74) is 2.32.